The number of nitrogens with one attached hydrogen (secondary N) is 2. The van der Waals surface area contributed by atoms with E-state index in [-0.39, 0.29) is 5.91 Å². The molecular formula is C13H15N3O2. The van der Waals surface area contributed by atoms with Gasteiger partial charge in [-0.25, -0.2) is 4.98 Å². The van der Waals surface area contributed by atoms with E-state index in [2.05, 4.69) is 15.3 Å². The molecule has 5 nitrogen and oxygen atoms in total. The van der Waals surface area contributed by atoms with Gasteiger partial charge in [-0.2, -0.15) is 0 Å². The standard InChI is InChI=1S/C13H15N3O2/c1-9-8-14-13(15-9)16-12(17)10(2)18-11-6-4-3-5-7-11/h3-8,10H,1-2H3,(H2,14,15,16,17)/t10-/m0/s1. The number of carbonyl (C=O) groups is 1. The molecule has 2 N–H and O–H groups in total. The van der Waals surface area contributed by atoms with E-state index < -0.39 is 6.10 Å². The Hall–Kier alpha value is -2.30. The molecule has 5 heteroatoms. The predicted molar refractivity (Wildman–Crippen MR) is 68.5 cm³/mol. The summed E-state index contributed by atoms with van der Waals surface area (Å²) in [6.45, 7) is 3.56. The predicted octanol–water partition coefficient (Wildman–Crippen LogP) is 2.12. The molecule has 94 valence electrons. The van der Waals surface area contributed by atoms with Crippen LogP contribution in [0.25, 0.3) is 0 Å². The minimum absolute atomic E-state index is 0.242. The van der Waals surface area contributed by atoms with Gasteiger partial charge in [0.2, 0.25) is 5.95 Å². The third-order valence-corrected chi connectivity index (χ3v) is 2.37. The van der Waals surface area contributed by atoms with Crippen molar-refractivity contribution in [3.8, 4) is 5.75 Å². The van der Waals surface area contributed by atoms with Crippen molar-refractivity contribution in [1.82, 2.24) is 9.97 Å². The lowest BCUT2D eigenvalue weighted by Gasteiger charge is -2.13. The molecular weight excluding hydrogens is 230 g/mol. The molecule has 2 rings (SSSR count). The first-order valence-electron chi connectivity index (χ1n) is 5.69. The molecule has 18 heavy (non-hydrogen) atoms. The molecule has 0 spiro atoms. The zero-order chi connectivity index (χ0) is 13.0. The molecule has 0 saturated carbocycles. The van der Waals surface area contributed by atoms with Crippen LogP contribution in [0.4, 0.5) is 5.95 Å². The zero-order valence-corrected chi connectivity index (χ0v) is 10.3. The third-order valence-electron chi connectivity index (χ3n) is 2.37. The number of H-pyrrole nitrogens is 1. The summed E-state index contributed by atoms with van der Waals surface area (Å²) in [5, 5.41) is 2.65. The Bertz CT molecular complexity index is 522. The first kappa shape index (κ1) is 12.2. The lowest BCUT2D eigenvalue weighted by Crippen LogP contribution is -2.30. The molecule has 0 bridgehead atoms. The summed E-state index contributed by atoms with van der Waals surface area (Å²) in [5.41, 5.74) is 0.891. The molecule has 1 heterocycles. The van der Waals surface area contributed by atoms with Crippen LogP contribution in [0.15, 0.2) is 36.5 Å². The lowest BCUT2D eigenvalue weighted by atomic mass is 10.3. The second-order valence-corrected chi connectivity index (χ2v) is 3.98. The normalized spacial score (nSPS) is 11.9. The minimum atomic E-state index is -0.585. The van der Waals surface area contributed by atoms with Gasteiger partial charge >= 0.3 is 0 Å². The van der Waals surface area contributed by atoms with Crippen molar-refractivity contribution in [2.75, 3.05) is 5.32 Å². The molecule has 0 radical (unpaired) electrons. The van der Waals surface area contributed by atoms with E-state index in [4.69, 9.17) is 4.74 Å². The van der Waals surface area contributed by atoms with Crippen molar-refractivity contribution in [2.24, 2.45) is 0 Å². The Kier molecular flexibility index (Phi) is 3.62. The number of benzene rings is 1. The van der Waals surface area contributed by atoms with Crippen LogP contribution < -0.4 is 10.1 Å². The van der Waals surface area contributed by atoms with Crippen LogP contribution in [-0.4, -0.2) is 22.0 Å². The number of carbonyl (C=O) groups excluding carboxylic acids is 1. The molecule has 2 aromatic rings. The highest BCUT2D eigenvalue weighted by Gasteiger charge is 2.15. The van der Waals surface area contributed by atoms with Gasteiger partial charge in [0.1, 0.15) is 5.75 Å². The number of aryl methyl sites for hydroxylation is 1. The number of ether oxygens (including phenoxy) is 1. The van der Waals surface area contributed by atoms with Crippen LogP contribution in [0.5, 0.6) is 5.75 Å². The number of imidazole rings is 1. The SMILES string of the molecule is Cc1cnc(NC(=O)[C@H](C)Oc2ccccc2)[nH]1. The number of para-hydroxylation sites is 1. The average Bonchev–Trinajstić information content (AvgIpc) is 2.76. The fourth-order valence-electron chi connectivity index (χ4n) is 1.45. The van der Waals surface area contributed by atoms with Crippen LogP contribution in [0.2, 0.25) is 0 Å². The number of rotatable bonds is 4. The van der Waals surface area contributed by atoms with Gasteiger partial charge in [-0.1, -0.05) is 18.2 Å². The summed E-state index contributed by atoms with van der Waals surface area (Å²) in [7, 11) is 0. The van der Waals surface area contributed by atoms with Gasteiger partial charge in [0.15, 0.2) is 6.10 Å². The van der Waals surface area contributed by atoms with E-state index in [1.165, 1.54) is 0 Å². The quantitative estimate of drug-likeness (QED) is 0.867. The highest BCUT2D eigenvalue weighted by molar-refractivity contribution is 5.92. The van der Waals surface area contributed by atoms with Crippen molar-refractivity contribution >= 4 is 11.9 Å². The molecule has 0 saturated heterocycles. The van der Waals surface area contributed by atoms with Gasteiger partial charge in [0.25, 0.3) is 5.91 Å². The highest BCUT2D eigenvalue weighted by atomic mass is 16.5. The number of hydrogen-bond donors (Lipinski definition) is 2. The Balaban J connectivity index is 1.93. The number of nitrogens with zero attached hydrogens (tertiary/aromatic N) is 1. The van der Waals surface area contributed by atoms with E-state index in [0.717, 1.165) is 5.69 Å². The molecule has 1 atom stereocenters. The van der Waals surface area contributed by atoms with E-state index in [1.54, 1.807) is 25.3 Å². The van der Waals surface area contributed by atoms with Crippen molar-refractivity contribution < 1.29 is 9.53 Å². The van der Waals surface area contributed by atoms with E-state index >= 15 is 0 Å². The van der Waals surface area contributed by atoms with Gasteiger partial charge in [-0.05, 0) is 26.0 Å². The Labute approximate surface area is 105 Å². The largest absolute Gasteiger partial charge is 0.481 e. The van der Waals surface area contributed by atoms with Gasteiger partial charge in [-0.3, -0.25) is 10.1 Å². The topological polar surface area (TPSA) is 67.0 Å². The summed E-state index contributed by atoms with van der Waals surface area (Å²) >= 11 is 0. The second kappa shape index (κ2) is 5.35. The van der Waals surface area contributed by atoms with Gasteiger partial charge in [-0.15, -0.1) is 0 Å². The van der Waals surface area contributed by atoms with Crippen molar-refractivity contribution in [3.05, 3.63) is 42.2 Å². The number of anilines is 1. The lowest BCUT2D eigenvalue weighted by molar-refractivity contribution is -0.122. The summed E-state index contributed by atoms with van der Waals surface area (Å²) < 4.78 is 5.50. The highest BCUT2D eigenvalue weighted by Crippen LogP contribution is 2.11. The van der Waals surface area contributed by atoms with E-state index in [9.17, 15) is 4.79 Å². The van der Waals surface area contributed by atoms with Crippen molar-refractivity contribution in [2.45, 2.75) is 20.0 Å². The van der Waals surface area contributed by atoms with Crippen LogP contribution in [0, 0.1) is 6.92 Å². The maximum absolute atomic E-state index is 11.8. The molecule has 1 aromatic carbocycles. The van der Waals surface area contributed by atoms with E-state index in [1.807, 2.05) is 25.1 Å². The Morgan fingerprint density at radius 1 is 1.39 bits per heavy atom. The molecule has 0 aliphatic carbocycles. The van der Waals surface area contributed by atoms with Gasteiger partial charge < -0.3 is 9.72 Å². The summed E-state index contributed by atoms with van der Waals surface area (Å²) in [6.07, 6.45) is 1.07. The van der Waals surface area contributed by atoms with Crippen molar-refractivity contribution in [3.63, 3.8) is 0 Å². The van der Waals surface area contributed by atoms with E-state index in [0.29, 0.717) is 11.7 Å². The minimum Gasteiger partial charge on any atom is -0.481 e. The summed E-state index contributed by atoms with van der Waals surface area (Å²) in [5.74, 6) is 0.852. The molecule has 1 amide bonds. The maximum Gasteiger partial charge on any atom is 0.267 e. The first-order chi connectivity index (χ1) is 8.65. The fraction of sp³-hybridized carbons (Fsp3) is 0.231. The van der Waals surface area contributed by atoms with Gasteiger partial charge in [0.05, 0.1) is 0 Å². The zero-order valence-electron chi connectivity index (χ0n) is 10.3. The smallest absolute Gasteiger partial charge is 0.267 e. The molecule has 0 fully saturated rings. The molecule has 1 aromatic heterocycles. The van der Waals surface area contributed by atoms with Crippen LogP contribution in [0.3, 0.4) is 0 Å². The number of aromatic amines is 1. The molecule has 0 unspecified atom stereocenters. The van der Waals surface area contributed by atoms with Crippen LogP contribution in [0.1, 0.15) is 12.6 Å². The monoisotopic (exact) mass is 245 g/mol. The summed E-state index contributed by atoms with van der Waals surface area (Å²) in [6, 6.07) is 9.22. The second-order valence-electron chi connectivity index (χ2n) is 3.98. The first-order valence-corrected chi connectivity index (χ1v) is 5.69. The fourth-order valence-corrected chi connectivity index (χ4v) is 1.45. The van der Waals surface area contributed by atoms with Gasteiger partial charge in [0, 0.05) is 11.9 Å². The number of hydrogen-bond acceptors (Lipinski definition) is 3. The van der Waals surface area contributed by atoms with Crippen LogP contribution >= 0.6 is 0 Å². The Morgan fingerprint density at radius 2 is 2.11 bits per heavy atom. The Morgan fingerprint density at radius 3 is 2.72 bits per heavy atom. The molecule has 0 aliphatic heterocycles. The number of aromatic nitrogens is 2. The maximum atomic E-state index is 11.8. The molecule has 0 aliphatic rings. The third kappa shape index (κ3) is 3.10. The number of amides is 1. The average molecular weight is 245 g/mol. The summed E-state index contributed by atoms with van der Waals surface area (Å²) in [4.78, 5) is 18.8. The van der Waals surface area contributed by atoms with Crippen LogP contribution in [-0.2, 0) is 4.79 Å². The van der Waals surface area contributed by atoms with Crippen molar-refractivity contribution in [1.29, 1.82) is 0 Å².